The fourth-order valence-electron chi connectivity index (χ4n) is 6.76. The van der Waals surface area contributed by atoms with Crippen LogP contribution in [0.4, 0.5) is 11.4 Å². The van der Waals surface area contributed by atoms with E-state index in [9.17, 15) is 0 Å². The smallest absolute Gasteiger partial charge is 0.0726 e. The lowest BCUT2D eigenvalue weighted by molar-refractivity contribution is -0.00522. The molecule has 1 aromatic carbocycles. The molecule has 5 rings (SSSR count). The molecule has 0 aromatic heterocycles. The average Bonchev–Trinajstić information content (AvgIpc) is 3.58. The van der Waals surface area contributed by atoms with E-state index in [1.54, 1.807) is 5.56 Å². The Kier molecular flexibility index (Phi) is 7.23. The van der Waals surface area contributed by atoms with Crippen molar-refractivity contribution in [2.45, 2.75) is 96.7 Å². The molecule has 184 valence electrons. The summed E-state index contributed by atoms with van der Waals surface area (Å²) in [6, 6.07) is 7.47. The van der Waals surface area contributed by atoms with Crippen LogP contribution in [0.25, 0.3) is 0 Å². The Morgan fingerprint density at radius 2 is 1.58 bits per heavy atom. The van der Waals surface area contributed by atoms with E-state index in [0.717, 1.165) is 24.4 Å². The summed E-state index contributed by atoms with van der Waals surface area (Å²) in [7, 11) is 0. The minimum Gasteiger partial charge on any atom is -0.372 e. The fourth-order valence-corrected chi connectivity index (χ4v) is 6.76. The average molecular weight is 454 g/mol. The van der Waals surface area contributed by atoms with Gasteiger partial charge in [0.25, 0.3) is 0 Å². The van der Waals surface area contributed by atoms with Crippen molar-refractivity contribution in [1.29, 1.82) is 0 Å². The second-order valence-corrected chi connectivity index (χ2v) is 11.7. The van der Waals surface area contributed by atoms with Gasteiger partial charge >= 0.3 is 0 Å². The molecule has 2 heterocycles. The van der Waals surface area contributed by atoms with Gasteiger partial charge in [-0.15, -0.1) is 0 Å². The minimum atomic E-state index is 0.307. The summed E-state index contributed by atoms with van der Waals surface area (Å²) in [6.07, 6.45) is 13.3. The molecule has 2 atom stereocenters. The maximum absolute atomic E-state index is 6.02. The van der Waals surface area contributed by atoms with Crippen LogP contribution in [0.5, 0.6) is 0 Å². The Balaban J connectivity index is 1.33. The molecule has 1 spiro atoms. The predicted octanol–water partition coefficient (Wildman–Crippen LogP) is 6.05. The van der Waals surface area contributed by atoms with Crippen LogP contribution >= 0.6 is 0 Å². The highest BCUT2D eigenvalue weighted by Gasteiger charge is 2.45. The van der Waals surface area contributed by atoms with Crippen LogP contribution in [-0.4, -0.2) is 62.9 Å². The molecule has 0 bridgehead atoms. The molecule has 33 heavy (non-hydrogen) atoms. The second kappa shape index (κ2) is 10.2. The van der Waals surface area contributed by atoms with Gasteiger partial charge in [0.2, 0.25) is 0 Å². The van der Waals surface area contributed by atoms with Gasteiger partial charge in [-0.25, -0.2) is 0 Å². The summed E-state index contributed by atoms with van der Waals surface area (Å²) < 4.78 is 6.02. The maximum atomic E-state index is 6.02. The van der Waals surface area contributed by atoms with Crippen LogP contribution in [0, 0.1) is 5.41 Å². The van der Waals surface area contributed by atoms with Gasteiger partial charge in [0.15, 0.2) is 0 Å². The van der Waals surface area contributed by atoms with Crippen molar-refractivity contribution < 1.29 is 4.74 Å². The van der Waals surface area contributed by atoms with E-state index in [1.807, 2.05) is 0 Å². The van der Waals surface area contributed by atoms with Crippen LogP contribution in [0.3, 0.4) is 0 Å². The summed E-state index contributed by atoms with van der Waals surface area (Å²) in [5, 5.41) is 0. The molecule has 1 aromatic rings. The van der Waals surface area contributed by atoms with Crippen LogP contribution in [0.1, 0.15) is 90.0 Å². The zero-order valence-electron chi connectivity index (χ0n) is 21.5. The third kappa shape index (κ3) is 5.53. The van der Waals surface area contributed by atoms with E-state index in [2.05, 4.69) is 53.7 Å². The quantitative estimate of drug-likeness (QED) is 0.468. The molecule has 4 fully saturated rings. The van der Waals surface area contributed by atoms with Gasteiger partial charge in [0.1, 0.15) is 0 Å². The van der Waals surface area contributed by atoms with Gasteiger partial charge < -0.3 is 14.5 Å². The molecule has 0 unspecified atom stereocenters. The van der Waals surface area contributed by atoms with Crippen LogP contribution in [0.2, 0.25) is 0 Å². The highest BCUT2D eigenvalue weighted by molar-refractivity contribution is 5.64. The normalized spacial score (nSPS) is 28.5. The molecular formula is C29H47N3O. The van der Waals surface area contributed by atoms with Gasteiger partial charge in [-0.3, -0.25) is 4.90 Å². The van der Waals surface area contributed by atoms with Gasteiger partial charge in [-0.1, -0.05) is 19.8 Å². The molecule has 4 nitrogen and oxygen atoms in total. The first-order chi connectivity index (χ1) is 16.0. The number of benzene rings is 1. The third-order valence-corrected chi connectivity index (χ3v) is 9.03. The second-order valence-electron chi connectivity index (χ2n) is 11.7. The minimum absolute atomic E-state index is 0.307. The first-order valence-corrected chi connectivity index (χ1v) is 14.1. The number of hydrogen-bond acceptors (Lipinski definition) is 4. The molecule has 2 saturated carbocycles. The number of rotatable bonds is 7. The Hall–Kier alpha value is -1.26. The monoisotopic (exact) mass is 453 g/mol. The van der Waals surface area contributed by atoms with E-state index in [4.69, 9.17) is 4.74 Å². The molecule has 4 aliphatic rings. The molecule has 0 N–H and O–H groups in total. The Labute approximate surface area is 202 Å². The Morgan fingerprint density at radius 3 is 2.21 bits per heavy atom. The van der Waals surface area contributed by atoms with Crippen molar-refractivity contribution >= 4 is 11.4 Å². The fraction of sp³-hybridized carbons (Fsp3) is 0.793. The molecule has 4 heteroatoms. The highest BCUT2D eigenvalue weighted by Crippen LogP contribution is 2.59. The summed E-state index contributed by atoms with van der Waals surface area (Å²) in [5.41, 5.74) is 5.36. The summed E-state index contributed by atoms with van der Waals surface area (Å²) in [5.74, 6) is 0.740. The van der Waals surface area contributed by atoms with E-state index >= 15 is 0 Å². The highest BCUT2D eigenvalue weighted by atomic mass is 16.5. The summed E-state index contributed by atoms with van der Waals surface area (Å²) in [4.78, 5) is 7.97. The molecule has 2 aliphatic carbocycles. The largest absolute Gasteiger partial charge is 0.372 e. The topological polar surface area (TPSA) is 19.0 Å². The van der Waals surface area contributed by atoms with Crippen molar-refractivity contribution in [3.8, 4) is 0 Å². The lowest BCUT2D eigenvalue weighted by Crippen LogP contribution is -2.47. The number of piperazine rings is 1. The number of nitrogens with zero attached hydrogens (tertiary/aromatic N) is 3. The maximum Gasteiger partial charge on any atom is 0.0726 e. The number of hydrogen-bond donors (Lipinski definition) is 0. The van der Waals surface area contributed by atoms with Crippen LogP contribution in [0.15, 0.2) is 18.2 Å². The zero-order valence-corrected chi connectivity index (χ0v) is 21.5. The summed E-state index contributed by atoms with van der Waals surface area (Å²) >= 11 is 0. The number of ether oxygens (including phenoxy) is 1. The molecular weight excluding hydrogens is 406 g/mol. The SMILES string of the molecule is CCCCCN1CCN(c2ccc(N3C[C@@H](C)O[C@@H](C)C3)cc2C2CCC3(CC2)CC3)CC1. The van der Waals surface area contributed by atoms with E-state index in [0.29, 0.717) is 12.2 Å². The van der Waals surface area contributed by atoms with Gasteiger partial charge in [-0.2, -0.15) is 0 Å². The van der Waals surface area contributed by atoms with E-state index in [1.165, 1.54) is 102 Å². The molecule has 2 aliphatic heterocycles. The Morgan fingerprint density at radius 1 is 0.879 bits per heavy atom. The predicted molar refractivity (Wildman–Crippen MR) is 140 cm³/mol. The van der Waals surface area contributed by atoms with Crippen molar-refractivity contribution in [2.75, 3.05) is 55.6 Å². The van der Waals surface area contributed by atoms with Crippen molar-refractivity contribution in [3.05, 3.63) is 23.8 Å². The zero-order chi connectivity index (χ0) is 22.8. The number of morpholine rings is 1. The Bertz CT molecular complexity index is 763. The van der Waals surface area contributed by atoms with Gasteiger partial charge in [0, 0.05) is 50.6 Å². The van der Waals surface area contributed by atoms with E-state index in [-0.39, 0.29) is 0 Å². The lowest BCUT2D eigenvalue weighted by atomic mass is 9.76. The first kappa shape index (κ1) is 23.5. The number of unbranched alkanes of at least 4 members (excludes halogenated alkanes) is 2. The van der Waals surface area contributed by atoms with Crippen molar-refractivity contribution in [1.82, 2.24) is 4.90 Å². The lowest BCUT2D eigenvalue weighted by Gasteiger charge is -2.40. The van der Waals surface area contributed by atoms with E-state index < -0.39 is 0 Å². The van der Waals surface area contributed by atoms with Crippen LogP contribution < -0.4 is 9.80 Å². The molecule has 2 saturated heterocycles. The summed E-state index contributed by atoms with van der Waals surface area (Å²) in [6.45, 7) is 14.8. The van der Waals surface area contributed by atoms with Crippen molar-refractivity contribution in [2.24, 2.45) is 5.41 Å². The third-order valence-electron chi connectivity index (χ3n) is 9.03. The van der Waals surface area contributed by atoms with Crippen LogP contribution in [-0.2, 0) is 4.74 Å². The number of anilines is 2. The van der Waals surface area contributed by atoms with Gasteiger partial charge in [0.05, 0.1) is 12.2 Å². The van der Waals surface area contributed by atoms with Gasteiger partial charge in [-0.05, 0) is 100 Å². The molecule has 0 radical (unpaired) electrons. The first-order valence-electron chi connectivity index (χ1n) is 14.1. The molecule has 0 amide bonds. The standard InChI is InChI=1S/C29H47N3O/c1-4-5-6-15-30-16-18-31(19-17-30)28-8-7-26(32-21-23(2)33-24(3)22-32)20-27(28)25-9-11-29(12-10-25)13-14-29/h7-8,20,23-25H,4-6,9-19,21-22H2,1-3H3/t23-,24+. The van der Waals surface area contributed by atoms with Crippen molar-refractivity contribution in [3.63, 3.8) is 0 Å².